The highest BCUT2D eigenvalue weighted by Gasteiger charge is 2.25. The van der Waals surface area contributed by atoms with Gasteiger partial charge in [0, 0.05) is 43.0 Å². The highest BCUT2D eigenvalue weighted by atomic mass is 32.1. The summed E-state index contributed by atoms with van der Waals surface area (Å²) in [5.41, 5.74) is 1.47. The van der Waals surface area contributed by atoms with E-state index in [1.165, 1.54) is 0 Å². The summed E-state index contributed by atoms with van der Waals surface area (Å²) in [4.78, 5) is 29.0. The lowest BCUT2D eigenvalue weighted by Gasteiger charge is -2.32. The molecule has 0 N–H and O–H groups in total. The van der Waals surface area contributed by atoms with Gasteiger partial charge in [-0.25, -0.2) is 0 Å². The molecule has 1 aromatic carbocycles. The van der Waals surface area contributed by atoms with Gasteiger partial charge in [-0.1, -0.05) is 6.07 Å². The van der Waals surface area contributed by atoms with Crippen LogP contribution in [0.4, 0.5) is 0 Å². The first-order valence-corrected chi connectivity index (χ1v) is 11.0. The van der Waals surface area contributed by atoms with E-state index in [0.29, 0.717) is 18.1 Å². The van der Waals surface area contributed by atoms with Gasteiger partial charge in [0.05, 0.1) is 12.2 Å². The summed E-state index contributed by atoms with van der Waals surface area (Å²) in [6.07, 6.45) is 4.23. The molecule has 2 fully saturated rings. The number of carbonyl (C=O) groups excluding carboxylic acids is 2. The maximum Gasteiger partial charge on any atom is 0.254 e. The van der Waals surface area contributed by atoms with Gasteiger partial charge in [-0.15, -0.1) is 0 Å². The summed E-state index contributed by atoms with van der Waals surface area (Å²) in [5, 5.41) is 3.85. The fourth-order valence-corrected chi connectivity index (χ4v) is 4.62. The Morgan fingerprint density at radius 2 is 1.79 bits per heavy atom. The van der Waals surface area contributed by atoms with Crippen LogP contribution in [-0.2, 0) is 0 Å². The molecule has 28 heavy (non-hydrogen) atoms. The number of nitrogens with zero attached hydrogens (tertiary/aromatic N) is 2. The Morgan fingerprint density at radius 3 is 2.57 bits per heavy atom. The van der Waals surface area contributed by atoms with Gasteiger partial charge in [0.15, 0.2) is 0 Å². The van der Waals surface area contributed by atoms with Crippen LogP contribution in [0.3, 0.4) is 0 Å². The summed E-state index contributed by atoms with van der Waals surface area (Å²) in [6, 6.07) is 9.37. The van der Waals surface area contributed by atoms with Gasteiger partial charge >= 0.3 is 0 Å². The third kappa shape index (κ3) is 4.38. The third-order valence-corrected chi connectivity index (χ3v) is 6.22. The predicted octanol–water partition coefficient (Wildman–Crippen LogP) is 3.92. The van der Waals surface area contributed by atoms with Crippen LogP contribution in [0.15, 0.2) is 41.1 Å². The molecule has 0 bridgehead atoms. The number of likely N-dealkylation sites (tertiary alicyclic amines) is 2. The molecule has 2 aliphatic rings. The molecule has 1 aromatic heterocycles. The first kappa shape index (κ1) is 19.0. The number of hydrogen-bond acceptors (Lipinski definition) is 4. The molecule has 148 valence electrons. The van der Waals surface area contributed by atoms with Crippen LogP contribution in [0.2, 0.25) is 0 Å². The standard InChI is InChI=1S/C22H26N2O3S/c25-21(23-9-1-2-10-23)18-6-3-7-20(13-18)27-15-17-5-4-11-24(14-17)22(26)19-8-12-28-16-19/h3,6-8,12-13,16-17H,1-2,4-5,9-11,14-15H2/t17-/m1/s1. The van der Waals surface area contributed by atoms with Crippen LogP contribution in [0, 0.1) is 5.92 Å². The van der Waals surface area contributed by atoms with Gasteiger partial charge in [0.1, 0.15) is 5.75 Å². The first-order chi connectivity index (χ1) is 13.7. The van der Waals surface area contributed by atoms with Crippen molar-refractivity contribution in [3.63, 3.8) is 0 Å². The monoisotopic (exact) mass is 398 g/mol. The van der Waals surface area contributed by atoms with E-state index < -0.39 is 0 Å². The molecule has 2 saturated heterocycles. The number of piperidine rings is 1. The summed E-state index contributed by atoms with van der Waals surface area (Å²) in [7, 11) is 0. The molecule has 2 aromatic rings. The molecule has 0 unspecified atom stereocenters. The maximum atomic E-state index is 12.6. The van der Waals surface area contributed by atoms with Crippen molar-refractivity contribution in [2.24, 2.45) is 5.92 Å². The zero-order chi connectivity index (χ0) is 19.3. The number of thiophene rings is 1. The fourth-order valence-electron chi connectivity index (χ4n) is 3.99. The number of rotatable bonds is 5. The Morgan fingerprint density at radius 1 is 1.00 bits per heavy atom. The molecule has 6 heteroatoms. The van der Waals surface area contributed by atoms with Crippen molar-refractivity contribution in [1.82, 2.24) is 9.80 Å². The van der Waals surface area contributed by atoms with Gasteiger partial charge in [-0.3, -0.25) is 9.59 Å². The third-order valence-electron chi connectivity index (χ3n) is 5.53. The lowest BCUT2D eigenvalue weighted by molar-refractivity contribution is 0.0633. The predicted molar refractivity (Wildman–Crippen MR) is 110 cm³/mol. The van der Waals surface area contributed by atoms with Crippen LogP contribution in [-0.4, -0.2) is 54.4 Å². The van der Waals surface area contributed by atoms with E-state index in [-0.39, 0.29) is 11.8 Å². The largest absolute Gasteiger partial charge is 0.493 e. The molecule has 5 nitrogen and oxygen atoms in total. The SMILES string of the molecule is O=C(c1cccc(OC[C@@H]2CCCN(C(=O)c3ccsc3)C2)c1)N1CCCC1. The second kappa shape index (κ2) is 8.78. The van der Waals surface area contributed by atoms with E-state index in [2.05, 4.69) is 0 Å². The topological polar surface area (TPSA) is 49.9 Å². The van der Waals surface area contributed by atoms with Gasteiger partial charge < -0.3 is 14.5 Å². The average Bonchev–Trinajstić information content (AvgIpc) is 3.46. The minimum Gasteiger partial charge on any atom is -0.493 e. The summed E-state index contributed by atoms with van der Waals surface area (Å²) in [5.74, 6) is 1.25. The normalized spacial score (nSPS) is 19.6. The molecule has 4 rings (SSSR count). The van der Waals surface area contributed by atoms with Gasteiger partial charge in [-0.05, 0) is 55.3 Å². The molecule has 0 spiro atoms. The van der Waals surface area contributed by atoms with Crippen molar-refractivity contribution in [2.75, 3.05) is 32.8 Å². The van der Waals surface area contributed by atoms with Crippen molar-refractivity contribution < 1.29 is 14.3 Å². The highest BCUT2D eigenvalue weighted by molar-refractivity contribution is 7.08. The lowest BCUT2D eigenvalue weighted by atomic mass is 9.98. The molecular formula is C22H26N2O3S. The molecule has 2 aliphatic heterocycles. The van der Waals surface area contributed by atoms with Gasteiger partial charge in [0.25, 0.3) is 11.8 Å². The van der Waals surface area contributed by atoms with Crippen LogP contribution in [0.5, 0.6) is 5.75 Å². The number of benzene rings is 1. The van der Waals surface area contributed by atoms with Crippen molar-refractivity contribution in [2.45, 2.75) is 25.7 Å². The molecule has 0 saturated carbocycles. The molecule has 0 radical (unpaired) electrons. The Labute approximate surface area is 169 Å². The van der Waals surface area contributed by atoms with Crippen molar-refractivity contribution >= 4 is 23.2 Å². The van der Waals surface area contributed by atoms with E-state index >= 15 is 0 Å². The zero-order valence-corrected chi connectivity index (χ0v) is 16.8. The van der Waals surface area contributed by atoms with E-state index in [0.717, 1.165) is 63.2 Å². The number of amides is 2. The Balaban J connectivity index is 1.33. The molecule has 3 heterocycles. The molecule has 0 aliphatic carbocycles. The van der Waals surface area contributed by atoms with E-state index in [1.54, 1.807) is 11.3 Å². The van der Waals surface area contributed by atoms with Gasteiger partial charge in [0.2, 0.25) is 0 Å². The van der Waals surface area contributed by atoms with Gasteiger partial charge in [-0.2, -0.15) is 11.3 Å². The minimum atomic E-state index is 0.0909. The van der Waals surface area contributed by atoms with E-state index in [9.17, 15) is 9.59 Å². The minimum absolute atomic E-state index is 0.0909. The second-order valence-corrected chi connectivity index (χ2v) is 8.39. The van der Waals surface area contributed by atoms with Crippen molar-refractivity contribution in [3.8, 4) is 5.75 Å². The quantitative estimate of drug-likeness (QED) is 0.767. The van der Waals surface area contributed by atoms with Crippen molar-refractivity contribution in [3.05, 3.63) is 52.2 Å². The van der Waals surface area contributed by atoms with E-state index in [1.807, 2.05) is 50.9 Å². The number of ether oxygens (including phenoxy) is 1. The second-order valence-electron chi connectivity index (χ2n) is 7.61. The Kier molecular flexibility index (Phi) is 5.95. The summed E-state index contributed by atoms with van der Waals surface area (Å²) >= 11 is 1.55. The zero-order valence-electron chi connectivity index (χ0n) is 16.0. The van der Waals surface area contributed by atoms with Crippen LogP contribution in [0.1, 0.15) is 46.4 Å². The lowest BCUT2D eigenvalue weighted by Crippen LogP contribution is -2.41. The molecule has 1 atom stereocenters. The van der Waals surface area contributed by atoms with E-state index in [4.69, 9.17) is 4.74 Å². The smallest absolute Gasteiger partial charge is 0.254 e. The van der Waals surface area contributed by atoms with Crippen LogP contribution in [0.25, 0.3) is 0 Å². The summed E-state index contributed by atoms with van der Waals surface area (Å²) in [6.45, 7) is 3.79. The number of hydrogen-bond donors (Lipinski definition) is 0. The van der Waals surface area contributed by atoms with Crippen LogP contribution >= 0.6 is 11.3 Å². The maximum absolute atomic E-state index is 12.6. The van der Waals surface area contributed by atoms with Crippen molar-refractivity contribution in [1.29, 1.82) is 0 Å². The Bertz CT molecular complexity index is 815. The number of carbonyl (C=O) groups is 2. The van der Waals surface area contributed by atoms with Crippen LogP contribution < -0.4 is 4.74 Å². The average molecular weight is 399 g/mol. The fraction of sp³-hybridized carbons (Fsp3) is 0.455. The Hall–Kier alpha value is -2.34. The molecular weight excluding hydrogens is 372 g/mol. The summed E-state index contributed by atoms with van der Waals surface area (Å²) < 4.78 is 6.01. The first-order valence-electron chi connectivity index (χ1n) is 10.0. The highest BCUT2D eigenvalue weighted by Crippen LogP contribution is 2.22. The molecule has 2 amide bonds.